The van der Waals surface area contributed by atoms with Crippen molar-refractivity contribution in [3.05, 3.63) is 23.0 Å². The van der Waals surface area contributed by atoms with Crippen molar-refractivity contribution in [3.8, 4) is 0 Å². The molecule has 0 spiro atoms. The molecule has 0 bridgehead atoms. The number of carbonyl (C=O) groups is 2. The Morgan fingerprint density at radius 1 is 1.29 bits per heavy atom. The van der Waals surface area contributed by atoms with Gasteiger partial charge in [0.15, 0.2) is 5.78 Å². The average molecular weight is 293 g/mol. The molecule has 1 aromatic rings. The number of nitrogens with zero attached hydrogens (tertiary/aromatic N) is 2. The van der Waals surface area contributed by atoms with Crippen molar-refractivity contribution in [2.45, 2.75) is 40.7 Å². The molecule has 0 aromatic carbocycles. The predicted octanol–water partition coefficient (Wildman–Crippen LogP) is 1.67. The number of amides is 1. The van der Waals surface area contributed by atoms with Gasteiger partial charge in [-0.25, -0.2) is 0 Å². The third-order valence-electron chi connectivity index (χ3n) is 3.71. The Labute approximate surface area is 127 Å². The van der Waals surface area contributed by atoms with Crippen molar-refractivity contribution >= 4 is 11.7 Å². The molecule has 0 aliphatic carbocycles. The summed E-state index contributed by atoms with van der Waals surface area (Å²) < 4.78 is 2.01. The SMILES string of the molecule is CCN(CC(=O)NC(C)C)CC(=O)c1cc(C)n(C)c1C. The Kier molecular flexibility index (Phi) is 6.15. The molecule has 1 heterocycles. The van der Waals surface area contributed by atoms with E-state index in [1.165, 1.54) is 0 Å². The molecule has 0 saturated carbocycles. The summed E-state index contributed by atoms with van der Waals surface area (Å²) in [7, 11) is 1.95. The van der Waals surface area contributed by atoms with Gasteiger partial charge in [0.1, 0.15) is 0 Å². The Balaban J connectivity index is 2.70. The van der Waals surface area contributed by atoms with E-state index in [0.29, 0.717) is 6.54 Å². The van der Waals surface area contributed by atoms with Gasteiger partial charge in [0.25, 0.3) is 0 Å². The number of carbonyl (C=O) groups excluding carboxylic acids is 2. The second kappa shape index (κ2) is 7.41. The summed E-state index contributed by atoms with van der Waals surface area (Å²) in [5.41, 5.74) is 2.79. The second-order valence-electron chi connectivity index (χ2n) is 5.79. The fourth-order valence-corrected chi connectivity index (χ4v) is 2.28. The molecular weight excluding hydrogens is 266 g/mol. The van der Waals surface area contributed by atoms with Gasteiger partial charge in [0, 0.05) is 30.0 Å². The maximum atomic E-state index is 12.4. The molecule has 1 N–H and O–H groups in total. The fourth-order valence-electron chi connectivity index (χ4n) is 2.28. The van der Waals surface area contributed by atoms with E-state index in [1.807, 2.05) is 57.2 Å². The molecule has 1 rings (SSSR count). The molecule has 21 heavy (non-hydrogen) atoms. The maximum Gasteiger partial charge on any atom is 0.234 e. The summed E-state index contributed by atoms with van der Waals surface area (Å²) in [6.45, 7) is 10.9. The largest absolute Gasteiger partial charge is 0.353 e. The summed E-state index contributed by atoms with van der Waals surface area (Å²) in [6.07, 6.45) is 0. The van der Waals surface area contributed by atoms with Crippen LogP contribution in [0.4, 0.5) is 0 Å². The van der Waals surface area contributed by atoms with E-state index in [9.17, 15) is 9.59 Å². The standard InChI is InChI=1S/C16H27N3O2/c1-7-19(10-16(21)17-11(2)3)9-15(20)14-8-12(4)18(6)13(14)5/h8,11H,7,9-10H2,1-6H3,(H,17,21). The lowest BCUT2D eigenvalue weighted by molar-refractivity contribution is -0.122. The topological polar surface area (TPSA) is 54.3 Å². The Bertz CT molecular complexity index is 518. The monoisotopic (exact) mass is 293 g/mol. The number of aryl methyl sites for hydroxylation is 1. The molecule has 0 aliphatic rings. The second-order valence-corrected chi connectivity index (χ2v) is 5.79. The van der Waals surface area contributed by atoms with Gasteiger partial charge < -0.3 is 9.88 Å². The molecule has 5 heteroatoms. The van der Waals surface area contributed by atoms with Gasteiger partial charge in [-0.05, 0) is 40.3 Å². The van der Waals surface area contributed by atoms with Crippen LogP contribution in [0.5, 0.6) is 0 Å². The van der Waals surface area contributed by atoms with Crippen LogP contribution >= 0.6 is 0 Å². The highest BCUT2D eigenvalue weighted by Crippen LogP contribution is 2.14. The van der Waals surface area contributed by atoms with Crippen LogP contribution < -0.4 is 5.32 Å². The quantitative estimate of drug-likeness (QED) is 0.778. The zero-order valence-corrected chi connectivity index (χ0v) is 14.0. The van der Waals surface area contributed by atoms with E-state index < -0.39 is 0 Å². The van der Waals surface area contributed by atoms with Crippen LogP contribution in [0.25, 0.3) is 0 Å². The first-order valence-electron chi connectivity index (χ1n) is 7.44. The third-order valence-corrected chi connectivity index (χ3v) is 3.71. The highest BCUT2D eigenvalue weighted by atomic mass is 16.2. The molecule has 5 nitrogen and oxygen atoms in total. The number of nitrogens with one attached hydrogen (secondary N) is 1. The first kappa shape index (κ1) is 17.4. The Hall–Kier alpha value is -1.62. The van der Waals surface area contributed by atoms with E-state index in [2.05, 4.69) is 5.32 Å². The van der Waals surface area contributed by atoms with Crippen molar-refractivity contribution in [2.75, 3.05) is 19.6 Å². The van der Waals surface area contributed by atoms with Crippen LogP contribution in [0, 0.1) is 13.8 Å². The molecule has 0 saturated heterocycles. The first-order chi connectivity index (χ1) is 9.76. The lowest BCUT2D eigenvalue weighted by Crippen LogP contribution is -2.41. The normalized spacial score (nSPS) is 11.2. The van der Waals surface area contributed by atoms with Crippen LogP contribution in [0.2, 0.25) is 0 Å². The van der Waals surface area contributed by atoms with Gasteiger partial charge in [-0.3, -0.25) is 14.5 Å². The van der Waals surface area contributed by atoms with Crippen molar-refractivity contribution in [2.24, 2.45) is 7.05 Å². The molecule has 0 unspecified atom stereocenters. The summed E-state index contributed by atoms with van der Waals surface area (Å²) in [5, 5.41) is 2.85. The number of hydrogen-bond acceptors (Lipinski definition) is 3. The van der Waals surface area contributed by atoms with E-state index in [-0.39, 0.29) is 30.8 Å². The predicted molar refractivity (Wildman–Crippen MR) is 84.6 cm³/mol. The third kappa shape index (κ3) is 4.70. The minimum Gasteiger partial charge on any atom is -0.353 e. The first-order valence-corrected chi connectivity index (χ1v) is 7.44. The molecule has 0 aliphatic heterocycles. The van der Waals surface area contributed by atoms with Crippen LogP contribution in [-0.2, 0) is 11.8 Å². The van der Waals surface area contributed by atoms with E-state index in [1.54, 1.807) is 0 Å². The number of hydrogen-bond donors (Lipinski definition) is 1. The minimum absolute atomic E-state index is 0.0411. The summed E-state index contributed by atoms with van der Waals surface area (Å²) in [6, 6.07) is 2.03. The minimum atomic E-state index is -0.0411. The van der Waals surface area contributed by atoms with Crippen molar-refractivity contribution in [1.29, 1.82) is 0 Å². The molecule has 1 aromatic heterocycles. The van der Waals surface area contributed by atoms with Gasteiger partial charge in [-0.15, -0.1) is 0 Å². The Morgan fingerprint density at radius 3 is 2.33 bits per heavy atom. The van der Waals surface area contributed by atoms with E-state index in [0.717, 1.165) is 17.0 Å². The lowest BCUT2D eigenvalue weighted by Gasteiger charge is -2.20. The van der Waals surface area contributed by atoms with E-state index >= 15 is 0 Å². The van der Waals surface area contributed by atoms with Crippen molar-refractivity contribution < 1.29 is 9.59 Å². The van der Waals surface area contributed by atoms with Crippen molar-refractivity contribution in [1.82, 2.24) is 14.8 Å². The fraction of sp³-hybridized carbons (Fsp3) is 0.625. The lowest BCUT2D eigenvalue weighted by atomic mass is 10.1. The van der Waals surface area contributed by atoms with Crippen LogP contribution in [-0.4, -0.2) is 46.8 Å². The van der Waals surface area contributed by atoms with Gasteiger partial charge in [0.2, 0.25) is 5.91 Å². The van der Waals surface area contributed by atoms with Gasteiger partial charge >= 0.3 is 0 Å². The zero-order chi connectivity index (χ0) is 16.2. The molecule has 118 valence electrons. The summed E-state index contributed by atoms with van der Waals surface area (Å²) in [4.78, 5) is 26.1. The molecule has 1 amide bonds. The maximum absolute atomic E-state index is 12.4. The number of likely N-dealkylation sites (N-methyl/N-ethyl adjacent to an activating group) is 1. The van der Waals surface area contributed by atoms with Crippen molar-refractivity contribution in [3.63, 3.8) is 0 Å². The highest BCUT2D eigenvalue weighted by molar-refractivity contribution is 5.99. The number of ketones is 1. The van der Waals surface area contributed by atoms with Gasteiger partial charge in [-0.2, -0.15) is 0 Å². The number of Topliss-reactive ketones (excluding diaryl/α,β-unsaturated/α-hetero) is 1. The Morgan fingerprint density at radius 2 is 1.90 bits per heavy atom. The summed E-state index contributed by atoms with van der Waals surface area (Å²) >= 11 is 0. The van der Waals surface area contributed by atoms with Gasteiger partial charge in [-0.1, -0.05) is 6.92 Å². The van der Waals surface area contributed by atoms with Crippen LogP contribution in [0.15, 0.2) is 6.07 Å². The highest BCUT2D eigenvalue weighted by Gasteiger charge is 2.18. The molecule has 0 fully saturated rings. The number of rotatable bonds is 7. The molecule has 0 radical (unpaired) electrons. The van der Waals surface area contributed by atoms with E-state index in [4.69, 9.17) is 0 Å². The average Bonchev–Trinajstić information content (AvgIpc) is 2.64. The van der Waals surface area contributed by atoms with Crippen LogP contribution in [0.3, 0.4) is 0 Å². The summed E-state index contributed by atoms with van der Waals surface area (Å²) in [5.74, 6) is 0.0241. The smallest absolute Gasteiger partial charge is 0.234 e. The van der Waals surface area contributed by atoms with Gasteiger partial charge in [0.05, 0.1) is 13.1 Å². The molecule has 0 atom stereocenters. The number of aromatic nitrogens is 1. The zero-order valence-electron chi connectivity index (χ0n) is 14.0. The van der Waals surface area contributed by atoms with Crippen LogP contribution in [0.1, 0.15) is 42.5 Å². The molecular formula is C16H27N3O2.